The van der Waals surface area contributed by atoms with E-state index in [0.29, 0.717) is 29.1 Å². The third kappa shape index (κ3) is 5.90. The average Bonchev–Trinajstić information content (AvgIpc) is 3.28. The van der Waals surface area contributed by atoms with Crippen LogP contribution in [0.1, 0.15) is 25.2 Å². The monoisotopic (exact) mass is 493 g/mol. The number of aliphatic hydroxyl groups excluding tert-OH is 1. The molecule has 4 aromatic rings. The molecule has 0 aliphatic carbocycles. The van der Waals surface area contributed by atoms with Crippen LogP contribution in [0, 0.1) is 6.92 Å². The van der Waals surface area contributed by atoms with E-state index in [-0.39, 0.29) is 18.2 Å². The van der Waals surface area contributed by atoms with Crippen molar-refractivity contribution in [1.29, 1.82) is 0 Å². The Morgan fingerprint density at radius 2 is 1.97 bits per heavy atom. The van der Waals surface area contributed by atoms with E-state index in [1.54, 1.807) is 7.11 Å². The van der Waals surface area contributed by atoms with Crippen molar-refractivity contribution in [3.05, 3.63) is 75.7 Å². The van der Waals surface area contributed by atoms with Gasteiger partial charge in [0.25, 0.3) is 5.56 Å². The zero-order valence-electron chi connectivity index (χ0n) is 20.4. The first-order valence-electron chi connectivity index (χ1n) is 11.6. The highest BCUT2D eigenvalue weighted by atomic mass is 32.1. The zero-order valence-corrected chi connectivity index (χ0v) is 21.3. The molecule has 2 aromatic heterocycles. The predicted molar refractivity (Wildman–Crippen MR) is 140 cm³/mol. The van der Waals surface area contributed by atoms with Gasteiger partial charge in [-0.25, -0.2) is 4.98 Å². The Balaban J connectivity index is 1.49. The van der Waals surface area contributed by atoms with Crippen LogP contribution in [0.4, 0.5) is 0 Å². The smallest absolute Gasteiger partial charge is 0.260 e. The summed E-state index contributed by atoms with van der Waals surface area (Å²) in [6, 6.07) is 15.5. The van der Waals surface area contributed by atoms with Crippen molar-refractivity contribution in [3.63, 3.8) is 0 Å². The van der Waals surface area contributed by atoms with Gasteiger partial charge in [0, 0.05) is 23.5 Å². The van der Waals surface area contributed by atoms with Gasteiger partial charge < -0.3 is 19.6 Å². The number of benzene rings is 2. The third-order valence-corrected chi connectivity index (χ3v) is 6.80. The lowest BCUT2D eigenvalue weighted by molar-refractivity contribution is 0.0531. The molecule has 7 nitrogen and oxygen atoms in total. The number of aryl methyl sites for hydroxylation is 1. The van der Waals surface area contributed by atoms with Crippen molar-refractivity contribution in [2.45, 2.75) is 39.5 Å². The standard InChI is InChI=1S/C27H31N3O4S/c1-17(2)30(13-20(31)15-34-23-11-6-5-8-18(23)3)14-24-28-26(32)25-22(16-35-27(25)29-24)19-9-7-10-21(12-19)33-4/h5-12,16-17,20,31H,13-15H2,1-4H3,(H,28,29,32)/t20-/m0/s1. The van der Waals surface area contributed by atoms with Crippen molar-refractivity contribution in [2.75, 3.05) is 20.3 Å². The first-order valence-corrected chi connectivity index (χ1v) is 12.5. The summed E-state index contributed by atoms with van der Waals surface area (Å²) >= 11 is 1.45. The summed E-state index contributed by atoms with van der Waals surface area (Å²) in [6.45, 7) is 7.08. The predicted octanol–water partition coefficient (Wildman–Crippen LogP) is 4.62. The molecule has 0 bridgehead atoms. The number of H-pyrrole nitrogens is 1. The Bertz CT molecular complexity index is 1350. The number of aromatic nitrogens is 2. The van der Waals surface area contributed by atoms with Crippen LogP contribution >= 0.6 is 11.3 Å². The number of thiophene rings is 1. The number of nitrogens with one attached hydrogen (secondary N) is 1. The van der Waals surface area contributed by atoms with E-state index in [1.807, 2.05) is 60.8 Å². The van der Waals surface area contributed by atoms with Gasteiger partial charge in [-0.05, 0) is 50.1 Å². The second kappa shape index (κ2) is 11.0. The number of aromatic amines is 1. The number of nitrogens with zero attached hydrogens (tertiary/aromatic N) is 2. The first-order chi connectivity index (χ1) is 16.9. The number of aliphatic hydroxyl groups is 1. The van der Waals surface area contributed by atoms with E-state index in [9.17, 15) is 9.90 Å². The van der Waals surface area contributed by atoms with Crippen molar-refractivity contribution in [2.24, 2.45) is 0 Å². The minimum Gasteiger partial charge on any atom is -0.497 e. The van der Waals surface area contributed by atoms with Gasteiger partial charge >= 0.3 is 0 Å². The van der Waals surface area contributed by atoms with Crippen molar-refractivity contribution < 1.29 is 14.6 Å². The number of hydrogen-bond acceptors (Lipinski definition) is 7. The van der Waals surface area contributed by atoms with Crippen LogP contribution in [0.5, 0.6) is 11.5 Å². The van der Waals surface area contributed by atoms with E-state index in [1.165, 1.54) is 11.3 Å². The lowest BCUT2D eigenvalue weighted by atomic mass is 10.1. The summed E-state index contributed by atoms with van der Waals surface area (Å²) < 4.78 is 11.1. The van der Waals surface area contributed by atoms with Crippen molar-refractivity contribution in [3.8, 4) is 22.6 Å². The average molecular weight is 494 g/mol. The summed E-state index contributed by atoms with van der Waals surface area (Å²) in [5, 5.41) is 13.2. The largest absolute Gasteiger partial charge is 0.497 e. The molecule has 2 heterocycles. The van der Waals surface area contributed by atoms with Crippen LogP contribution in [-0.2, 0) is 6.54 Å². The van der Waals surface area contributed by atoms with Gasteiger partial charge in [-0.1, -0.05) is 30.3 Å². The van der Waals surface area contributed by atoms with E-state index in [4.69, 9.17) is 14.5 Å². The van der Waals surface area contributed by atoms with Crippen LogP contribution in [0.15, 0.2) is 58.7 Å². The Morgan fingerprint density at radius 3 is 2.71 bits per heavy atom. The minimum atomic E-state index is -0.686. The van der Waals surface area contributed by atoms with Gasteiger partial charge in [0.1, 0.15) is 34.9 Å². The quantitative estimate of drug-likeness (QED) is 0.335. The maximum Gasteiger partial charge on any atom is 0.260 e. The van der Waals surface area contributed by atoms with Crippen LogP contribution < -0.4 is 15.0 Å². The first kappa shape index (κ1) is 24.9. The fourth-order valence-electron chi connectivity index (χ4n) is 3.95. The Kier molecular flexibility index (Phi) is 7.85. The molecular weight excluding hydrogens is 462 g/mol. The van der Waals surface area contributed by atoms with Gasteiger partial charge in [-0.15, -0.1) is 11.3 Å². The van der Waals surface area contributed by atoms with Crippen molar-refractivity contribution in [1.82, 2.24) is 14.9 Å². The van der Waals surface area contributed by atoms with Crippen LogP contribution in [0.25, 0.3) is 21.3 Å². The lowest BCUT2D eigenvalue weighted by Gasteiger charge is -2.28. The molecule has 0 aliphatic heterocycles. The second-order valence-electron chi connectivity index (χ2n) is 8.83. The van der Waals surface area contributed by atoms with E-state index < -0.39 is 6.10 Å². The highest BCUT2D eigenvalue weighted by Gasteiger charge is 2.19. The van der Waals surface area contributed by atoms with Crippen molar-refractivity contribution >= 4 is 21.6 Å². The van der Waals surface area contributed by atoms with E-state index >= 15 is 0 Å². The topological polar surface area (TPSA) is 87.7 Å². The molecule has 4 rings (SSSR count). The Morgan fingerprint density at radius 1 is 1.17 bits per heavy atom. The molecule has 35 heavy (non-hydrogen) atoms. The zero-order chi connectivity index (χ0) is 24.9. The number of para-hydroxylation sites is 1. The summed E-state index contributed by atoms with van der Waals surface area (Å²) in [5.41, 5.74) is 2.61. The van der Waals surface area contributed by atoms with E-state index in [0.717, 1.165) is 28.2 Å². The molecule has 0 saturated carbocycles. The van der Waals surface area contributed by atoms with Gasteiger partial charge in [0.05, 0.1) is 19.0 Å². The minimum absolute atomic E-state index is 0.139. The van der Waals surface area contributed by atoms with Crippen LogP contribution in [0.2, 0.25) is 0 Å². The maximum absolute atomic E-state index is 13.1. The summed E-state index contributed by atoms with van der Waals surface area (Å²) in [4.78, 5) is 23.5. The molecule has 1 atom stereocenters. The molecule has 0 fully saturated rings. The lowest BCUT2D eigenvalue weighted by Crippen LogP contribution is -2.40. The molecule has 2 aromatic carbocycles. The summed E-state index contributed by atoms with van der Waals surface area (Å²) in [7, 11) is 1.62. The number of fused-ring (bicyclic) bond motifs is 1. The highest BCUT2D eigenvalue weighted by molar-refractivity contribution is 7.17. The van der Waals surface area contributed by atoms with Gasteiger partial charge in [-0.3, -0.25) is 9.69 Å². The molecule has 0 amide bonds. The summed E-state index contributed by atoms with van der Waals surface area (Å²) in [5.74, 6) is 2.08. The Hall–Kier alpha value is -3.20. The maximum atomic E-state index is 13.1. The Labute approximate surface area is 209 Å². The molecular formula is C27H31N3O4S. The normalized spacial score (nSPS) is 12.4. The van der Waals surface area contributed by atoms with E-state index in [2.05, 4.69) is 23.7 Å². The molecule has 2 N–H and O–H groups in total. The molecule has 0 aliphatic rings. The number of ether oxygens (including phenoxy) is 2. The number of methoxy groups -OCH3 is 1. The van der Waals surface area contributed by atoms with Gasteiger partial charge in [0.15, 0.2) is 0 Å². The highest BCUT2D eigenvalue weighted by Crippen LogP contribution is 2.32. The summed E-state index contributed by atoms with van der Waals surface area (Å²) in [6.07, 6.45) is -0.686. The number of rotatable bonds is 10. The molecule has 184 valence electrons. The number of hydrogen-bond donors (Lipinski definition) is 2. The third-order valence-electron chi connectivity index (χ3n) is 5.93. The fourth-order valence-corrected chi connectivity index (χ4v) is 4.92. The van der Waals surface area contributed by atoms with Gasteiger partial charge in [0.2, 0.25) is 0 Å². The SMILES string of the molecule is COc1cccc(-c2csc3nc(CN(C[C@H](O)COc4ccccc4C)C(C)C)[nH]c(=O)c23)c1. The molecule has 0 spiro atoms. The molecule has 0 unspecified atom stereocenters. The van der Waals surface area contributed by atoms with Crippen LogP contribution in [-0.4, -0.2) is 52.4 Å². The van der Waals surface area contributed by atoms with Gasteiger partial charge in [-0.2, -0.15) is 0 Å². The second-order valence-corrected chi connectivity index (χ2v) is 9.69. The molecule has 0 saturated heterocycles. The van der Waals surface area contributed by atoms with Crippen LogP contribution in [0.3, 0.4) is 0 Å². The molecule has 8 heteroatoms. The fraction of sp³-hybridized carbons (Fsp3) is 0.333. The molecule has 0 radical (unpaired) electrons.